The lowest BCUT2D eigenvalue weighted by Gasteiger charge is -2.23. The van der Waals surface area contributed by atoms with E-state index in [2.05, 4.69) is 0 Å². The molecule has 4 nitrogen and oxygen atoms in total. The molecule has 4 heteroatoms. The lowest BCUT2D eigenvalue weighted by molar-refractivity contribution is -0.136. The van der Waals surface area contributed by atoms with E-state index in [1.54, 1.807) is 0 Å². The number of nitrogens with zero attached hydrogens (tertiary/aromatic N) is 1. The number of carbonyl (C=O) groups is 1. The average molecular weight is 260 g/mol. The standard InChI is InChI=1S/C15H20N2O2/c16-13-6-5-11(9-13)15(18)17-7-8-19-14-4-2-1-3-12(14)10-17/h1-4,11,13H,5-10,16H2/t11-,13-/m1/s1. The molecule has 1 aromatic carbocycles. The molecule has 0 spiro atoms. The van der Waals surface area contributed by atoms with E-state index in [9.17, 15) is 4.79 Å². The summed E-state index contributed by atoms with van der Waals surface area (Å²) in [7, 11) is 0. The zero-order chi connectivity index (χ0) is 13.2. The number of fused-ring (bicyclic) bond motifs is 1. The molecular formula is C15H20N2O2. The molecule has 1 aliphatic heterocycles. The fourth-order valence-corrected chi connectivity index (χ4v) is 3.01. The Morgan fingerprint density at radius 2 is 2.16 bits per heavy atom. The van der Waals surface area contributed by atoms with Crippen LogP contribution in [0.4, 0.5) is 0 Å². The van der Waals surface area contributed by atoms with Gasteiger partial charge in [0, 0.05) is 24.1 Å². The summed E-state index contributed by atoms with van der Waals surface area (Å²) in [5.74, 6) is 1.26. The topological polar surface area (TPSA) is 55.6 Å². The van der Waals surface area contributed by atoms with Crippen molar-refractivity contribution in [1.82, 2.24) is 4.90 Å². The Hall–Kier alpha value is -1.55. The molecule has 0 unspecified atom stereocenters. The van der Waals surface area contributed by atoms with Crippen molar-refractivity contribution in [1.29, 1.82) is 0 Å². The van der Waals surface area contributed by atoms with E-state index < -0.39 is 0 Å². The number of ether oxygens (including phenoxy) is 1. The highest BCUT2D eigenvalue weighted by Gasteiger charge is 2.31. The van der Waals surface area contributed by atoms with Crippen molar-refractivity contribution < 1.29 is 9.53 Å². The second kappa shape index (κ2) is 5.21. The van der Waals surface area contributed by atoms with Gasteiger partial charge >= 0.3 is 0 Å². The van der Waals surface area contributed by atoms with E-state index >= 15 is 0 Å². The van der Waals surface area contributed by atoms with Gasteiger partial charge in [0.25, 0.3) is 0 Å². The third-order valence-electron chi connectivity index (χ3n) is 4.09. The number of rotatable bonds is 1. The van der Waals surface area contributed by atoms with E-state index in [1.165, 1.54) is 0 Å². The number of para-hydroxylation sites is 1. The predicted octanol–water partition coefficient (Wildman–Crippen LogP) is 1.53. The fourth-order valence-electron chi connectivity index (χ4n) is 3.01. The minimum atomic E-state index is 0.111. The summed E-state index contributed by atoms with van der Waals surface area (Å²) in [6, 6.07) is 8.15. The van der Waals surface area contributed by atoms with E-state index in [-0.39, 0.29) is 17.9 Å². The Bertz CT molecular complexity index is 475. The minimum Gasteiger partial charge on any atom is -0.491 e. The van der Waals surface area contributed by atoms with Crippen LogP contribution in [0.1, 0.15) is 24.8 Å². The Morgan fingerprint density at radius 3 is 2.95 bits per heavy atom. The van der Waals surface area contributed by atoms with Gasteiger partial charge in [0.1, 0.15) is 12.4 Å². The van der Waals surface area contributed by atoms with Gasteiger partial charge in [-0.15, -0.1) is 0 Å². The molecule has 0 aromatic heterocycles. The van der Waals surface area contributed by atoms with E-state index in [0.717, 1.165) is 30.6 Å². The summed E-state index contributed by atoms with van der Waals surface area (Å²) in [6.45, 7) is 1.89. The minimum absolute atomic E-state index is 0.111. The van der Waals surface area contributed by atoms with E-state index in [0.29, 0.717) is 19.7 Å². The second-order valence-corrected chi connectivity index (χ2v) is 5.49. The molecule has 2 atom stereocenters. The Labute approximate surface area is 113 Å². The SMILES string of the molecule is N[C@@H]1CC[C@@H](C(=O)N2CCOc3ccccc3C2)C1. The quantitative estimate of drug-likeness (QED) is 0.833. The third kappa shape index (κ3) is 2.59. The van der Waals surface area contributed by atoms with Crippen molar-refractivity contribution in [3.8, 4) is 5.75 Å². The molecule has 1 heterocycles. The average Bonchev–Trinajstić information content (AvgIpc) is 2.74. The molecule has 102 valence electrons. The van der Waals surface area contributed by atoms with Crippen LogP contribution in [0.2, 0.25) is 0 Å². The molecule has 0 radical (unpaired) electrons. The summed E-state index contributed by atoms with van der Waals surface area (Å²) < 4.78 is 5.69. The van der Waals surface area contributed by atoms with Crippen molar-refractivity contribution in [3.63, 3.8) is 0 Å². The molecule has 3 rings (SSSR count). The van der Waals surface area contributed by atoms with Gasteiger partial charge in [-0.3, -0.25) is 4.79 Å². The highest BCUT2D eigenvalue weighted by atomic mass is 16.5. The first-order valence-corrected chi connectivity index (χ1v) is 6.99. The van der Waals surface area contributed by atoms with Gasteiger partial charge in [0.05, 0.1) is 6.54 Å². The van der Waals surface area contributed by atoms with Gasteiger partial charge in [0.2, 0.25) is 5.91 Å². The van der Waals surface area contributed by atoms with E-state index in [1.807, 2.05) is 29.2 Å². The van der Waals surface area contributed by atoms with Gasteiger partial charge in [0.15, 0.2) is 0 Å². The van der Waals surface area contributed by atoms with Crippen LogP contribution in [0.15, 0.2) is 24.3 Å². The van der Waals surface area contributed by atoms with Crippen molar-refractivity contribution in [2.24, 2.45) is 11.7 Å². The molecule has 0 saturated heterocycles. The molecule has 1 fully saturated rings. The number of nitrogens with two attached hydrogens (primary N) is 1. The zero-order valence-corrected chi connectivity index (χ0v) is 11.0. The van der Waals surface area contributed by atoms with Gasteiger partial charge in [-0.1, -0.05) is 18.2 Å². The molecule has 1 saturated carbocycles. The molecule has 1 aromatic rings. The first-order chi connectivity index (χ1) is 9.24. The summed E-state index contributed by atoms with van der Waals surface area (Å²) >= 11 is 0. The summed E-state index contributed by atoms with van der Waals surface area (Å²) in [4.78, 5) is 14.4. The number of hydrogen-bond acceptors (Lipinski definition) is 3. The van der Waals surface area contributed by atoms with Gasteiger partial charge in [-0.2, -0.15) is 0 Å². The molecule has 19 heavy (non-hydrogen) atoms. The second-order valence-electron chi connectivity index (χ2n) is 5.49. The van der Waals surface area contributed by atoms with Crippen molar-refractivity contribution in [3.05, 3.63) is 29.8 Å². The third-order valence-corrected chi connectivity index (χ3v) is 4.09. The van der Waals surface area contributed by atoms with Crippen LogP contribution >= 0.6 is 0 Å². The van der Waals surface area contributed by atoms with Crippen LogP contribution in [0.25, 0.3) is 0 Å². The smallest absolute Gasteiger partial charge is 0.226 e. The maximum Gasteiger partial charge on any atom is 0.226 e. The van der Waals surface area contributed by atoms with Crippen LogP contribution < -0.4 is 10.5 Å². The fraction of sp³-hybridized carbons (Fsp3) is 0.533. The van der Waals surface area contributed by atoms with Crippen LogP contribution in [-0.2, 0) is 11.3 Å². The Kier molecular flexibility index (Phi) is 3.42. The van der Waals surface area contributed by atoms with Gasteiger partial charge in [-0.25, -0.2) is 0 Å². The lowest BCUT2D eigenvalue weighted by Crippen LogP contribution is -2.36. The molecule has 2 N–H and O–H groups in total. The van der Waals surface area contributed by atoms with Crippen LogP contribution in [0, 0.1) is 5.92 Å². The van der Waals surface area contributed by atoms with Crippen LogP contribution in [-0.4, -0.2) is 30.0 Å². The molecule has 2 aliphatic rings. The Morgan fingerprint density at radius 1 is 1.32 bits per heavy atom. The highest BCUT2D eigenvalue weighted by molar-refractivity contribution is 5.79. The van der Waals surface area contributed by atoms with Crippen LogP contribution in [0.3, 0.4) is 0 Å². The maximum absolute atomic E-state index is 12.5. The first-order valence-electron chi connectivity index (χ1n) is 6.99. The predicted molar refractivity (Wildman–Crippen MR) is 72.7 cm³/mol. The van der Waals surface area contributed by atoms with Crippen molar-refractivity contribution in [2.75, 3.05) is 13.2 Å². The maximum atomic E-state index is 12.5. The van der Waals surface area contributed by atoms with Gasteiger partial charge < -0.3 is 15.4 Å². The van der Waals surface area contributed by atoms with Gasteiger partial charge in [-0.05, 0) is 25.3 Å². The van der Waals surface area contributed by atoms with E-state index in [4.69, 9.17) is 10.5 Å². The summed E-state index contributed by atoms with van der Waals surface area (Å²) in [5.41, 5.74) is 7.00. The summed E-state index contributed by atoms with van der Waals surface area (Å²) in [5, 5.41) is 0. The number of carbonyl (C=O) groups excluding carboxylic acids is 1. The molecule has 1 aliphatic carbocycles. The number of hydrogen-bond donors (Lipinski definition) is 1. The van der Waals surface area contributed by atoms with Crippen LogP contribution in [0.5, 0.6) is 5.75 Å². The number of benzene rings is 1. The number of amides is 1. The Balaban J connectivity index is 1.73. The molecular weight excluding hydrogens is 240 g/mol. The van der Waals surface area contributed by atoms with Crippen molar-refractivity contribution in [2.45, 2.75) is 31.8 Å². The zero-order valence-electron chi connectivity index (χ0n) is 11.0. The highest BCUT2D eigenvalue weighted by Crippen LogP contribution is 2.28. The van der Waals surface area contributed by atoms with Crippen molar-refractivity contribution >= 4 is 5.91 Å². The normalized spacial score (nSPS) is 26.5. The molecule has 1 amide bonds. The monoisotopic (exact) mass is 260 g/mol. The first kappa shape index (κ1) is 12.5. The summed E-state index contributed by atoms with van der Waals surface area (Å²) in [6.07, 6.45) is 2.73. The molecule has 0 bridgehead atoms. The lowest BCUT2D eigenvalue weighted by atomic mass is 10.1. The largest absolute Gasteiger partial charge is 0.491 e.